The Kier molecular flexibility index (Phi) is 4.65. The first-order chi connectivity index (χ1) is 10.2. The maximum absolute atomic E-state index is 9.40. The number of hydrogen-bond acceptors (Lipinski definition) is 5. The van der Waals surface area contributed by atoms with Crippen LogP contribution in [0.3, 0.4) is 0 Å². The van der Waals surface area contributed by atoms with Crippen molar-refractivity contribution >= 4 is 46.7 Å². The molecule has 1 aromatic heterocycles. The third-order valence-corrected chi connectivity index (χ3v) is 7.03. The molecule has 2 heterocycles. The van der Waals surface area contributed by atoms with Gasteiger partial charge in [-0.1, -0.05) is 29.3 Å². The van der Waals surface area contributed by atoms with E-state index in [-0.39, 0.29) is 15.9 Å². The molecule has 0 bridgehead atoms. The Morgan fingerprint density at radius 3 is 2.95 bits per heavy atom. The molecule has 0 saturated carbocycles. The van der Waals surface area contributed by atoms with Crippen LogP contribution in [0.5, 0.6) is 0 Å². The van der Waals surface area contributed by atoms with Gasteiger partial charge in [-0.3, -0.25) is 0 Å². The van der Waals surface area contributed by atoms with E-state index in [2.05, 4.69) is 16.2 Å². The number of halogens is 2. The summed E-state index contributed by atoms with van der Waals surface area (Å²) in [5.41, 5.74) is 1.07. The van der Waals surface area contributed by atoms with Crippen LogP contribution < -0.4 is 0 Å². The average molecular weight is 357 g/mol. The van der Waals surface area contributed by atoms with Gasteiger partial charge in [0.1, 0.15) is 12.7 Å². The van der Waals surface area contributed by atoms with Crippen LogP contribution in [0.25, 0.3) is 0 Å². The molecule has 8 heteroatoms. The fourth-order valence-corrected chi connectivity index (χ4v) is 6.15. The van der Waals surface area contributed by atoms with Crippen molar-refractivity contribution in [3.05, 3.63) is 46.5 Å². The fraction of sp³-hybridized carbons (Fsp3) is 0.308. The molecule has 108 valence electrons. The lowest BCUT2D eigenvalue weighted by Crippen LogP contribution is -2.16. The van der Waals surface area contributed by atoms with Gasteiger partial charge in [0.15, 0.2) is 6.04 Å². The Labute approximate surface area is 140 Å². The zero-order valence-electron chi connectivity index (χ0n) is 10.7. The molecule has 3 rings (SSSR count). The predicted molar refractivity (Wildman–Crippen MR) is 87.7 cm³/mol. The molecule has 21 heavy (non-hydrogen) atoms. The lowest BCUT2D eigenvalue weighted by molar-refractivity contribution is 0.583. The Hall–Kier alpha value is -0.870. The number of benzene rings is 1. The largest absolute Gasteiger partial charge is 0.234 e. The topological polar surface area (TPSA) is 54.5 Å². The van der Waals surface area contributed by atoms with E-state index in [9.17, 15) is 5.26 Å². The molecule has 1 saturated heterocycles. The molecule has 0 spiro atoms. The summed E-state index contributed by atoms with van der Waals surface area (Å²) in [6.07, 6.45) is 3.03. The van der Waals surface area contributed by atoms with Crippen LogP contribution in [0, 0.1) is 11.3 Å². The highest BCUT2D eigenvalue weighted by Gasteiger charge is 2.35. The summed E-state index contributed by atoms with van der Waals surface area (Å²) < 4.78 is 1.71. The van der Waals surface area contributed by atoms with E-state index in [4.69, 9.17) is 23.2 Å². The van der Waals surface area contributed by atoms with Gasteiger partial charge in [-0.15, -0.1) is 23.5 Å². The summed E-state index contributed by atoms with van der Waals surface area (Å²) >= 11 is 15.7. The van der Waals surface area contributed by atoms with Gasteiger partial charge in [0.25, 0.3) is 0 Å². The Bertz CT molecular complexity index is 671. The number of hydrogen-bond donors (Lipinski definition) is 0. The number of thioether (sulfide) groups is 2. The molecule has 0 radical (unpaired) electrons. The van der Waals surface area contributed by atoms with Crippen LogP contribution >= 0.6 is 46.7 Å². The van der Waals surface area contributed by atoms with Gasteiger partial charge in [0.2, 0.25) is 0 Å². The first kappa shape index (κ1) is 15.0. The minimum absolute atomic E-state index is 0.105. The first-order valence-corrected chi connectivity index (χ1v) is 8.89. The second kappa shape index (κ2) is 6.49. The van der Waals surface area contributed by atoms with Crippen molar-refractivity contribution < 1.29 is 0 Å². The fourth-order valence-electron chi connectivity index (χ4n) is 2.12. The minimum Gasteiger partial charge on any atom is -0.234 e. The monoisotopic (exact) mass is 356 g/mol. The van der Waals surface area contributed by atoms with Crippen molar-refractivity contribution in [3.63, 3.8) is 0 Å². The molecule has 1 aliphatic heterocycles. The molecular weight excluding hydrogens is 347 g/mol. The van der Waals surface area contributed by atoms with Crippen molar-refractivity contribution in [2.45, 2.75) is 15.9 Å². The second-order valence-electron chi connectivity index (χ2n) is 4.44. The molecule has 0 N–H and O–H groups in total. The van der Waals surface area contributed by atoms with Gasteiger partial charge in [-0.25, -0.2) is 9.67 Å². The quantitative estimate of drug-likeness (QED) is 0.824. The predicted octanol–water partition coefficient (Wildman–Crippen LogP) is 4.20. The smallest absolute Gasteiger partial charge is 0.161 e. The van der Waals surface area contributed by atoms with Gasteiger partial charge >= 0.3 is 0 Å². The molecule has 1 fully saturated rings. The zero-order valence-corrected chi connectivity index (χ0v) is 13.8. The Morgan fingerprint density at radius 2 is 2.29 bits per heavy atom. The summed E-state index contributed by atoms with van der Waals surface area (Å²) in [4.78, 5) is 3.91. The van der Waals surface area contributed by atoms with E-state index >= 15 is 0 Å². The molecule has 3 atom stereocenters. The summed E-state index contributed by atoms with van der Waals surface area (Å²) in [6.45, 7) is 0. The van der Waals surface area contributed by atoms with E-state index in [1.165, 1.54) is 6.33 Å². The molecule has 1 aromatic carbocycles. The van der Waals surface area contributed by atoms with Gasteiger partial charge < -0.3 is 0 Å². The van der Waals surface area contributed by atoms with Crippen LogP contribution in [-0.4, -0.2) is 25.1 Å². The van der Waals surface area contributed by atoms with Crippen LogP contribution in [-0.2, 0) is 0 Å². The Morgan fingerprint density at radius 1 is 1.43 bits per heavy atom. The standard InChI is InChI=1S/C13H10Cl2N4S2/c14-8-1-2-9(10(15)3-8)12-5-20-13(21-12)11(4-16)19-7-17-6-18-19/h1-3,6-7,11-13H,5H2. The van der Waals surface area contributed by atoms with Crippen molar-refractivity contribution in [1.29, 1.82) is 5.26 Å². The average Bonchev–Trinajstić information content (AvgIpc) is 3.12. The molecule has 3 unspecified atom stereocenters. The van der Waals surface area contributed by atoms with E-state index < -0.39 is 0 Å². The van der Waals surface area contributed by atoms with Gasteiger partial charge in [0.05, 0.1) is 10.7 Å². The molecule has 4 nitrogen and oxygen atoms in total. The lowest BCUT2D eigenvalue weighted by atomic mass is 10.2. The lowest BCUT2D eigenvalue weighted by Gasteiger charge is -2.16. The highest BCUT2D eigenvalue weighted by atomic mass is 35.5. The first-order valence-electron chi connectivity index (χ1n) is 6.15. The number of nitriles is 1. The van der Waals surface area contributed by atoms with Crippen molar-refractivity contribution in [2.75, 3.05) is 5.75 Å². The number of nitrogens with zero attached hydrogens (tertiary/aromatic N) is 4. The third kappa shape index (κ3) is 3.16. The molecule has 2 aromatic rings. The molecule has 0 aliphatic carbocycles. The minimum atomic E-state index is -0.335. The van der Waals surface area contributed by atoms with Crippen molar-refractivity contribution in [2.24, 2.45) is 0 Å². The van der Waals surface area contributed by atoms with Gasteiger partial charge in [0, 0.05) is 21.0 Å². The molecule has 1 aliphatic rings. The van der Waals surface area contributed by atoms with E-state index in [0.29, 0.717) is 10.0 Å². The van der Waals surface area contributed by atoms with E-state index in [0.717, 1.165) is 11.3 Å². The highest BCUT2D eigenvalue weighted by molar-refractivity contribution is 8.20. The van der Waals surface area contributed by atoms with Gasteiger partial charge in [-0.2, -0.15) is 10.4 Å². The van der Waals surface area contributed by atoms with Crippen LogP contribution in [0.1, 0.15) is 16.9 Å². The van der Waals surface area contributed by atoms with Crippen LogP contribution in [0.15, 0.2) is 30.9 Å². The molecule has 0 amide bonds. The summed E-state index contributed by atoms with van der Waals surface area (Å²) in [7, 11) is 0. The molecular formula is C13H10Cl2N4S2. The summed E-state index contributed by atoms with van der Waals surface area (Å²) in [5.74, 6) is 0.906. The maximum Gasteiger partial charge on any atom is 0.161 e. The summed E-state index contributed by atoms with van der Waals surface area (Å²) in [6, 6.07) is 7.54. The SMILES string of the molecule is N#CC(C1SCC(c2ccc(Cl)cc2Cl)S1)n1cncn1. The van der Waals surface area contributed by atoms with Crippen molar-refractivity contribution in [3.8, 4) is 6.07 Å². The maximum atomic E-state index is 9.40. The van der Waals surface area contributed by atoms with Crippen LogP contribution in [0.4, 0.5) is 0 Å². The number of aromatic nitrogens is 3. The van der Waals surface area contributed by atoms with Crippen LogP contribution in [0.2, 0.25) is 10.0 Å². The number of rotatable bonds is 3. The third-order valence-electron chi connectivity index (χ3n) is 3.13. The van der Waals surface area contributed by atoms with E-state index in [1.807, 2.05) is 12.1 Å². The van der Waals surface area contributed by atoms with E-state index in [1.54, 1.807) is 40.6 Å². The van der Waals surface area contributed by atoms with Gasteiger partial charge in [-0.05, 0) is 17.7 Å². The zero-order chi connectivity index (χ0) is 14.8. The summed E-state index contributed by atoms with van der Waals surface area (Å²) in [5, 5.41) is 15.0. The highest BCUT2D eigenvalue weighted by Crippen LogP contribution is 2.52. The Balaban J connectivity index is 1.77. The normalized spacial score (nSPS) is 22.9. The van der Waals surface area contributed by atoms with Crippen molar-refractivity contribution in [1.82, 2.24) is 14.8 Å². The second-order valence-corrected chi connectivity index (χ2v) is 8.11.